The van der Waals surface area contributed by atoms with E-state index in [1.54, 1.807) is 12.3 Å². The molecule has 2 aromatic rings. The van der Waals surface area contributed by atoms with Crippen molar-refractivity contribution in [3.8, 4) is 0 Å². The summed E-state index contributed by atoms with van der Waals surface area (Å²) in [4.78, 5) is 13.4. The molecule has 1 atom stereocenters. The van der Waals surface area contributed by atoms with Crippen molar-refractivity contribution in [3.63, 3.8) is 0 Å². The molecule has 1 aromatic heterocycles. The number of carbonyl (C=O) groups excluding carboxylic acids is 1. The van der Waals surface area contributed by atoms with Crippen molar-refractivity contribution in [1.29, 1.82) is 0 Å². The van der Waals surface area contributed by atoms with Gasteiger partial charge in [-0.3, -0.25) is 4.79 Å². The fraction of sp³-hybridized carbons (Fsp3) is 0.353. The van der Waals surface area contributed by atoms with E-state index in [2.05, 4.69) is 5.32 Å². The molecule has 1 saturated heterocycles. The average molecular weight is 337 g/mol. The molecule has 24 heavy (non-hydrogen) atoms. The predicted octanol–water partition coefficient (Wildman–Crippen LogP) is 0.944. The second kappa shape index (κ2) is 7.55. The van der Waals surface area contributed by atoms with E-state index in [1.165, 1.54) is 11.0 Å². The molecule has 1 aromatic carbocycles. The number of benzene rings is 1. The fourth-order valence-corrected chi connectivity index (χ4v) is 2.92. The normalized spacial score (nSPS) is 16.8. The summed E-state index contributed by atoms with van der Waals surface area (Å²) < 4.78 is 38.3. The number of amides is 1. The van der Waals surface area contributed by atoms with Crippen molar-refractivity contribution in [3.05, 3.63) is 59.6 Å². The zero-order chi connectivity index (χ0) is 16.9. The van der Waals surface area contributed by atoms with Crippen LogP contribution in [0.4, 0.5) is 8.78 Å². The van der Waals surface area contributed by atoms with E-state index < -0.39 is 23.1 Å². The van der Waals surface area contributed by atoms with Crippen LogP contribution in [0, 0.1) is 11.6 Å². The van der Waals surface area contributed by atoms with E-state index >= 15 is 0 Å². The number of quaternary nitrogens is 1. The van der Waals surface area contributed by atoms with Crippen LogP contribution in [0.2, 0.25) is 0 Å². The SMILES string of the molecule is O=C(NC[C@@H](c1ccco1)[NH+]1CCOCC1)c1c(F)cccc1F. The number of hydrogen-bond acceptors (Lipinski definition) is 3. The molecule has 3 rings (SSSR count). The van der Waals surface area contributed by atoms with Crippen LogP contribution in [0.25, 0.3) is 0 Å². The number of rotatable bonds is 5. The Hall–Kier alpha value is -2.25. The van der Waals surface area contributed by atoms with Gasteiger partial charge in [0.15, 0.2) is 11.8 Å². The summed E-state index contributed by atoms with van der Waals surface area (Å²) in [7, 11) is 0. The summed E-state index contributed by atoms with van der Waals surface area (Å²) in [6.45, 7) is 3.02. The first-order valence-electron chi connectivity index (χ1n) is 7.84. The quantitative estimate of drug-likeness (QED) is 0.854. The molecule has 1 fully saturated rings. The molecule has 2 N–H and O–H groups in total. The lowest BCUT2D eigenvalue weighted by molar-refractivity contribution is -0.938. The highest BCUT2D eigenvalue weighted by atomic mass is 19.1. The summed E-state index contributed by atoms with van der Waals surface area (Å²) in [6.07, 6.45) is 1.57. The maximum Gasteiger partial charge on any atom is 0.257 e. The van der Waals surface area contributed by atoms with Crippen LogP contribution >= 0.6 is 0 Å². The monoisotopic (exact) mass is 337 g/mol. The summed E-state index contributed by atoms with van der Waals surface area (Å²) in [5.41, 5.74) is -0.562. The van der Waals surface area contributed by atoms with E-state index in [1.807, 2.05) is 6.07 Å². The van der Waals surface area contributed by atoms with Gasteiger partial charge in [0.1, 0.15) is 30.3 Å². The highest BCUT2D eigenvalue weighted by Gasteiger charge is 2.29. The number of ether oxygens (including phenoxy) is 1. The average Bonchev–Trinajstić information content (AvgIpc) is 3.10. The lowest BCUT2D eigenvalue weighted by atomic mass is 10.1. The van der Waals surface area contributed by atoms with Crippen molar-refractivity contribution < 1.29 is 27.6 Å². The summed E-state index contributed by atoms with van der Waals surface area (Å²) in [6, 6.07) is 6.83. The highest BCUT2D eigenvalue weighted by molar-refractivity contribution is 5.94. The number of hydrogen-bond donors (Lipinski definition) is 2. The van der Waals surface area contributed by atoms with Gasteiger partial charge in [0.05, 0.1) is 26.0 Å². The second-order valence-corrected chi connectivity index (χ2v) is 5.65. The summed E-state index contributed by atoms with van der Waals surface area (Å²) in [5.74, 6) is -1.79. The Labute approximate surface area is 138 Å². The number of furan rings is 1. The van der Waals surface area contributed by atoms with Gasteiger partial charge in [0.25, 0.3) is 5.91 Å². The van der Waals surface area contributed by atoms with Crippen LogP contribution in [0.3, 0.4) is 0 Å². The molecule has 0 spiro atoms. The van der Waals surface area contributed by atoms with Gasteiger partial charge in [-0.15, -0.1) is 0 Å². The second-order valence-electron chi connectivity index (χ2n) is 5.65. The third-order valence-electron chi connectivity index (χ3n) is 4.17. The van der Waals surface area contributed by atoms with E-state index in [-0.39, 0.29) is 12.6 Å². The Balaban J connectivity index is 1.72. The van der Waals surface area contributed by atoms with E-state index in [0.29, 0.717) is 13.2 Å². The largest absolute Gasteiger partial charge is 0.463 e. The minimum atomic E-state index is -0.874. The minimum absolute atomic E-state index is 0.136. The third-order valence-corrected chi connectivity index (χ3v) is 4.17. The van der Waals surface area contributed by atoms with E-state index in [4.69, 9.17) is 9.15 Å². The molecular formula is C17H19F2N2O3+. The van der Waals surface area contributed by atoms with Crippen LogP contribution < -0.4 is 10.2 Å². The summed E-state index contributed by atoms with van der Waals surface area (Å²) in [5, 5.41) is 2.63. The van der Waals surface area contributed by atoms with E-state index in [9.17, 15) is 13.6 Å². The Bertz CT molecular complexity index is 665. The van der Waals surface area contributed by atoms with Gasteiger partial charge in [-0.05, 0) is 24.3 Å². The van der Waals surface area contributed by atoms with Gasteiger partial charge < -0.3 is 19.4 Å². The zero-order valence-corrected chi connectivity index (χ0v) is 13.1. The topological polar surface area (TPSA) is 55.9 Å². The predicted molar refractivity (Wildman–Crippen MR) is 81.7 cm³/mol. The molecule has 1 aliphatic heterocycles. The van der Waals surface area contributed by atoms with Crippen molar-refractivity contribution >= 4 is 5.91 Å². The smallest absolute Gasteiger partial charge is 0.257 e. The van der Waals surface area contributed by atoms with Gasteiger partial charge >= 0.3 is 0 Å². The third kappa shape index (κ3) is 3.63. The number of halogens is 2. The van der Waals surface area contributed by atoms with Gasteiger partial charge in [-0.1, -0.05) is 6.07 Å². The standard InChI is InChI=1S/C17H18F2N2O3/c18-12-3-1-4-13(19)16(12)17(22)20-11-14(15-5-2-8-24-15)21-6-9-23-10-7-21/h1-5,8,14H,6-7,9-11H2,(H,20,22)/p+1/t14-/m0/s1. The Morgan fingerprint density at radius 3 is 2.50 bits per heavy atom. The molecule has 0 aliphatic carbocycles. The Morgan fingerprint density at radius 1 is 1.17 bits per heavy atom. The molecule has 0 bridgehead atoms. The molecule has 7 heteroatoms. The molecule has 0 saturated carbocycles. The molecule has 2 heterocycles. The van der Waals surface area contributed by atoms with Gasteiger partial charge in [0.2, 0.25) is 0 Å². The minimum Gasteiger partial charge on any atom is -0.463 e. The molecule has 0 unspecified atom stereocenters. The van der Waals surface area contributed by atoms with Gasteiger partial charge in [-0.2, -0.15) is 0 Å². The molecule has 5 nitrogen and oxygen atoms in total. The molecule has 1 aliphatic rings. The van der Waals surface area contributed by atoms with Crippen molar-refractivity contribution in [2.45, 2.75) is 6.04 Å². The molecule has 0 radical (unpaired) electrons. The number of morpholine rings is 1. The van der Waals surface area contributed by atoms with Crippen LogP contribution in [0.1, 0.15) is 22.2 Å². The van der Waals surface area contributed by atoms with E-state index in [0.717, 1.165) is 31.0 Å². The lowest BCUT2D eigenvalue weighted by Gasteiger charge is -2.30. The zero-order valence-electron chi connectivity index (χ0n) is 13.1. The van der Waals surface area contributed by atoms with Crippen LogP contribution in [0.15, 0.2) is 41.0 Å². The maximum absolute atomic E-state index is 13.7. The molecular weight excluding hydrogens is 318 g/mol. The first-order valence-corrected chi connectivity index (χ1v) is 7.84. The molecule has 128 valence electrons. The summed E-state index contributed by atoms with van der Waals surface area (Å²) >= 11 is 0. The van der Waals surface area contributed by atoms with Crippen molar-refractivity contribution in [1.82, 2.24) is 5.32 Å². The number of nitrogens with one attached hydrogen (secondary N) is 2. The highest BCUT2D eigenvalue weighted by Crippen LogP contribution is 2.13. The maximum atomic E-state index is 13.7. The lowest BCUT2D eigenvalue weighted by Crippen LogP contribution is -3.15. The van der Waals surface area contributed by atoms with Crippen LogP contribution in [-0.2, 0) is 4.74 Å². The Morgan fingerprint density at radius 2 is 1.88 bits per heavy atom. The fourth-order valence-electron chi connectivity index (χ4n) is 2.92. The molecule has 1 amide bonds. The van der Waals surface area contributed by atoms with Crippen molar-refractivity contribution in [2.75, 3.05) is 32.8 Å². The Kier molecular flexibility index (Phi) is 5.22. The van der Waals surface area contributed by atoms with Crippen molar-refractivity contribution in [2.24, 2.45) is 0 Å². The van der Waals surface area contributed by atoms with Gasteiger partial charge in [0, 0.05) is 0 Å². The number of carbonyl (C=O) groups is 1. The first-order chi connectivity index (χ1) is 11.7. The first kappa shape index (κ1) is 16.6. The van der Waals surface area contributed by atoms with Gasteiger partial charge in [-0.25, -0.2) is 8.78 Å². The van der Waals surface area contributed by atoms with Crippen LogP contribution in [0.5, 0.6) is 0 Å². The van der Waals surface area contributed by atoms with Crippen LogP contribution in [-0.4, -0.2) is 38.8 Å².